The van der Waals surface area contributed by atoms with Gasteiger partial charge in [-0.25, -0.2) is 0 Å². The minimum absolute atomic E-state index is 0.00384. The van der Waals surface area contributed by atoms with Crippen LogP contribution in [-0.4, -0.2) is 77.1 Å². The fourth-order valence-electron chi connectivity index (χ4n) is 3.72. The quantitative estimate of drug-likeness (QED) is 0.333. The van der Waals surface area contributed by atoms with Crippen molar-refractivity contribution in [3.63, 3.8) is 0 Å². The van der Waals surface area contributed by atoms with E-state index in [1.54, 1.807) is 6.07 Å². The number of hydrogen-bond acceptors (Lipinski definition) is 11. The van der Waals surface area contributed by atoms with Crippen molar-refractivity contribution in [1.82, 2.24) is 0 Å². The fourth-order valence-corrected chi connectivity index (χ4v) is 3.72. The van der Waals surface area contributed by atoms with Gasteiger partial charge in [-0.15, -0.1) is 0 Å². The van der Waals surface area contributed by atoms with E-state index in [-0.39, 0.29) is 34.0 Å². The van der Waals surface area contributed by atoms with Gasteiger partial charge in [0.15, 0.2) is 16.9 Å². The molecule has 3 aromatic rings. The van der Waals surface area contributed by atoms with Gasteiger partial charge in [0.05, 0.1) is 20.8 Å². The van der Waals surface area contributed by atoms with Gasteiger partial charge in [0, 0.05) is 23.8 Å². The highest BCUT2D eigenvalue weighted by Gasteiger charge is 2.45. The molecule has 11 heteroatoms. The van der Waals surface area contributed by atoms with E-state index in [0.29, 0.717) is 11.3 Å². The Balaban J connectivity index is 1.73. The van der Waals surface area contributed by atoms with Gasteiger partial charge in [-0.2, -0.15) is 0 Å². The molecule has 5 atom stereocenters. The van der Waals surface area contributed by atoms with Crippen LogP contribution in [0.5, 0.6) is 23.0 Å². The summed E-state index contributed by atoms with van der Waals surface area (Å²) >= 11 is 0. The third kappa shape index (κ3) is 4.27. The van der Waals surface area contributed by atoms with Crippen LogP contribution < -0.4 is 19.6 Å². The van der Waals surface area contributed by atoms with Crippen LogP contribution in [0.3, 0.4) is 0 Å². The van der Waals surface area contributed by atoms with E-state index in [0.717, 1.165) is 0 Å². The number of rotatable bonds is 6. The molecule has 0 bridgehead atoms. The van der Waals surface area contributed by atoms with E-state index in [4.69, 9.17) is 23.4 Å². The summed E-state index contributed by atoms with van der Waals surface area (Å²) < 4.78 is 27.3. The topological polar surface area (TPSA) is 168 Å². The number of benzene rings is 2. The second-order valence-corrected chi connectivity index (χ2v) is 7.68. The van der Waals surface area contributed by atoms with Crippen LogP contribution >= 0.6 is 0 Å². The summed E-state index contributed by atoms with van der Waals surface area (Å²) in [6.45, 7) is -0.611. The largest absolute Gasteiger partial charge is 0.507 e. The molecule has 0 unspecified atom stereocenters. The van der Waals surface area contributed by atoms with E-state index < -0.39 is 42.7 Å². The average Bonchev–Trinajstić information content (AvgIpc) is 2.83. The predicted octanol–water partition coefficient (Wildman–Crippen LogP) is 0.361. The van der Waals surface area contributed by atoms with Gasteiger partial charge in [-0.05, 0) is 18.2 Å². The zero-order valence-electron chi connectivity index (χ0n) is 18.2. The van der Waals surface area contributed by atoms with Crippen LogP contribution in [0.2, 0.25) is 0 Å². The smallest absolute Gasteiger partial charge is 0.229 e. The number of phenols is 1. The zero-order chi connectivity index (χ0) is 24.6. The van der Waals surface area contributed by atoms with Gasteiger partial charge in [0.25, 0.3) is 0 Å². The maximum Gasteiger partial charge on any atom is 0.229 e. The van der Waals surface area contributed by atoms with Crippen LogP contribution in [-0.2, 0) is 4.74 Å². The lowest BCUT2D eigenvalue weighted by molar-refractivity contribution is -0.277. The molecule has 2 aromatic carbocycles. The maximum absolute atomic E-state index is 12.7. The zero-order valence-corrected chi connectivity index (χ0v) is 18.2. The molecule has 1 aliphatic rings. The second-order valence-electron chi connectivity index (χ2n) is 7.68. The van der Waals surface area contributed by atoms with Gasteiger partial charge in [0.1, 0.15) is 52.6 Å². The summed E-state index contributed by atoms with van der Waals surface area (Å²) in [5.41, 5.74) is 0.0110. The Morgan fingerprint density at radius 3 is 2.38 bits per heavy atom. The van der Waals surface area contributed by atoms with E-state index in [1.807, 2.05) is 0 Å². The van der Waals surface area contributed by atoms with Gasteiger partial charge in [-0.1, -0.05) is 0 Å². The second kappa shape index (κ2) is 9.49. The molecule has 1 saturated heterocycles. The maximum atomic E-state index is 12.7. The highest BCUT2D eigenvalue weighted by atomic mass is 16.7. The van der Waals surface area contributed by atoms with Crippen molar-refractivity contribution in [2.45, 2.75) is 30.7 Å². The molecule has 1 fully saturated rings. The molecule has 0 radical (unpaired) electrons. The van der Waals surface area contributed by atoms with Crippen molar-refractivity contribution in [3.05, 3.63) is 46.6 Å². The first kappa shape index (κ1) is 23.8. The fraction of sp³-hybridized carbons (Fsp3) is 0.348. The number of hydrogen-bond donors (Lipinski definition) is 5. The normalized spacial score (nSPS) is 24.7. The average molecular weight is 476 g/mol. The molecule has 182 valence electrons. The van der Waals surface area contributed by atoms with Crippen LogP contribution in [0.25, 0.3) is 22.3 Å². The summed E-state index contributed by atoms with van der Waals surface area (Å²) in [5, 5.41) is 49.8. The summed E-state index contributed by atoms with van der Waals surface area (Å²) in [5.74, 6) is 0.470. The SMILES string of the molecule is COc1cc(O)c2c(=O)cc(-c3ccc(OC)c(O[C@H]4O[C@@H](CO)[C@H](O)[C@H](O)[C@@H]4O)c3)oc2c1. The third-order valence-corrected chi connectivity index (χ3v) is 5.56. The molecule has 1 aromatic heterocycles. The highest BCUT2D eigenvalue weighted by molar-refractivity contribution is 5.86. The Bertz CT molecular complexity index is 1240. The minimum atomic E-state index is -1.62. The monoisotopic (exact) mass is 476 g/mol. The molecule has 5 N–H and O–H groups in total. The Labute approximate surface area is 192 Å². The molecule has 34 heavy (non-hydrogen) atoms. The van der Waals surface area contributed by atoms with Crippen molar-refractivity contribution >= 4 is 11.0 Å². The first-order valence-electron chi connectivity index (χ1n) is 10.3. The van der Waals surface area contributed by atoms with Crippen molar-refractivity contribution in [1.29, 1.82) is 0 Å². The molecule has 0 aliphatic carbocycles. The molecular weight excluding hydrogens is 452 g/mol. The van der Waals surface area contributed by atoms with Crippen molar-refractivity contribution in [2.75, 3.05) is 20.8 Å². The lowest BCUT2D eigenvalue weighted by Crippen LogP contribution is -2.60. The molecule has 0 amide bonds. The van der Waals surface area contributed by atoms with Crippen LogP contribution in [0.15, 0.2) is 45.6 Å². The Kier molecular flexibility index (Phi) is 6.64. The van der Waals surface area contributed by atoms with Gasteiger partial charge < -0.3 is 48.9 Å². The Morgan fingerprint density at radius 1 is 0.941 bits per heavy atom. The number of aliphatic hydroxyl groups is 4. The third-order valence-electron chi connectivity index (χ3n) is 5.56. The molecule has 0 spiro atoms. The van der Waals surface area contributed by atoms with Crippen molar-refractivity contribution < 1.29 is 48.9 Å². The predicted molar refractivity (Wildman–Crippen MR) is 117 cm³/mol. The van der Waals surface area contributed by atoms with Crippen LogP contribution in [0.4, 0.5) is 0 Å². The first-order valence-corrected chi connectivity index (χ1v) is 10.3. The summed E-state index contributed by atoms with van der Waals surface area (Å²) in [7, 11) is 2.80. The number of aromatic hydroxyl groups is 1. The van der Waals surface area contributed by atoms with Crippen molar-refractivity contribution in [3.8, 4) is 34.3 Å². The standard InChI is InChI=1S/C23H24O11/c1-30-11-6-12(25)19-13(26)8-15(32-17(19)7-11)10-3-4-14(31-2)16(5-10)33-23-22(29)21(28)20(27)18(9-24)34-23/h3-8,18,20-25,27-29H,9H2,1-2H3/t18-,20-,21-,22-,23-/m0/s1. The van der Waals surface area contributed by atoms with E-state index in [2.05, 4.69) is 0 Å². The lowest BCUT2D eigenvalue weighted by atomic mass is 9.99. The van der Waals surface area contributed by atoms with E-state index in [9.17, 15) is 30.3 Å². The van der Waals surface area contributed by atoms with Gasteiger partial charge in [0.2, 0.25) is 6.29 Å². The molecule has 4 rings (SSSR count). The van der Waals surface area contributed by atoms with E-state index >= 15 is 0 Å². The highest BCUT2D eigenvalue weighted by Crippen LogP contribution is 2.36. The number of phenolic OH excluding ortho intramolecular Hbond substituents is 1. The summed E-state index contributed by atoms with van der Waals surface area (Å²) in [6.07, 6.45) is -7.37. The molecule has 2 heterocycles. The van der Waals surface area contributed by atoms with E-state index in [1.165, 1.54) is 44.6 Å². The summed E-state index contributed by atoms with van der Waals surface area (Å²) in [4.78, 5) is 12.7. The lowest BCUT2D eigenvalue weighted by Gasteiger charge is -2.39. The van der Waals surface area contributed by atoms with Crippen LogP contribution in [0.1, 0.15) is 0 Å². The molecular formula is C23H24O11. The van der Waals surface area contributed by atoms with Gasteiger partial charge >= 0.3 is 0 Å². The minimum Gasteiger partial charge on any atom is -0.507 e. The van der Waals surface area contributed by atoms with Crippen molar-refractivity contribution in [2.24, 2.45) is 0 Å². The van der Waals surface area contributed by atoms with Crippen LogP contribution in [0, 0.1) is 0 Å². The molecule has 1 aliphatic heterocycles. The number of aliphatic hydroxyl groups excluding tert-OH is 4. The Hall–Kier alpha value is -3.35. The molecule has 11 nitrogen and oxygen atoms in total. The number of fused-ring (bicyclic) bond motifs is 1. The molecule has 0 saturated carbocycles. The van der Waals surface area contributed by atoms with Gasteiger partial charge in [-0.3, -0.25) is 4.79 Å². The Morgan fingerprint density at radius 2 is 1.71 bits per heavy atom. The summed E-state index contributed by atoms with van der Waals surface area (Å²) in [6, 6.07) is 8.57. The number of ether oxygens (including phenoxy) is 4. The number of methoxy groups -OCH3 is 2. The first-order chi connectivity index (χ1) is 16.3.